The lowest BCUT2D eigenvalue weighted by atomic mass is 9.91. The molecule has 3 heteroatoms. The first-order chi connectivity index (χ1) is 9.65. The van der Waals surface area contributed by atoms with E-state index in [-0.39, 0.29) is 0 Å². The van der Waals surface area contributed by atoms with Gasteiger partial charge >= 0.3 is 0 Å². The fraction of sp³-hybridized carbons (Fsp3) is 0.824. The third-order valence-electron chi connectivity index (χ3n) is 4.41. The van der Waals surface area contributed by atoms with E-state index in [1.165, 1.54) is 25.0 Å². The van der Waals surface area contributed by atoms with Gasteiger partial charge in [-0.1, -0.05) is 40.5 Å². The second-order valence-electron chi connectivity index (χ2n) is 5.89. The van der Waals surface area contributed by atoms with Crippen LogP contribution in [0.1, 0.15) is 72.0 Å². The molecule has 1 N–H and O–H groups in total. The third kappa shape index (κ3) is 4.93. The Balaban J connectivity index is 2.70. The highest BCUT2D eigenvalue weighted by Gasteiger charge is 2.19. The standard InChI is InChI=1S/C17H33N3/c1-6-11-18-17(15(8-3)9-4)13-16-10-12-20(19-16)14(5)7-2/h10,12,14-15,17-18H,6-9,11,13H2,1-5H3. The summed E-state index contributed by atoms with van der Waals surface area (Å²) >= 11 is 0. The molecular weight excluding hydrogens is 246 g/mol. The first-order valence-corrected chi connectivity index (χ1v) is 8.43. The fourth-order valence-electron chi connectivity index (χ4n) is 2.74. The summed E-state index contributed by atoms with van der Waals surface area (Å²) in [6, 6.07) is 3.25. The second kappa shape index (κ2) is 9.17. The lowest BCUT2D eigenvalue weighted by Crippen LogP contribution is -2.38. The van der Waals surface area contributed by atoms with Crippen molar-refractivity contribution in [3.05, 3.63) is 18.0 Å². The molecular formula is C17H33N3. The Morgan fingerprint density at radius 3 is 2.40 bits per heavy atom. The van der Waals surface area contributed by atoms with Gasteiger partial charge in [0.2, 0.25) is 0 Å². The molecule has 0 amide bonds. The minimum absolute atomic E-state index is 0.499. The Morgan fingerprint density at radius 1 is 1.15 bits per heavy atom. The predicted molar refractivity (Wildman–Crippen MR) is 87.1 cm³/mol. The van der Waals surface area contributed by atoms with E-state index in [1.807, 2.05) is 0 Å². The van der Waals surface area contributed by atoms with E-state index < -0.39 is 0 Å². The minimum Gasteiger partial charge on any atom is -0.313 e. The van der Waals surface area contributed by atoms with Gasteiger partial charge in [-0.3, -0.25) is 4.68 Å². The van der Waals surface area contributed by atoms with E-state index in [2.05, 4.69) is 56.9 Å². The summed E-state index contributed by atoms with van der Waals surface area (Å²) < 4.78 is 2.11. The smallest absolute Gasteiger partial charge is 0.0640 e. The normalized spacial score (nSPS) is 14.7. The van der Waals surface area contributed by atoms with E-state index in [9.17, 15) is 0 Å². The molecule has 1 rings (SSSR count). The van der Waals surface area contributed by atoms with Crippen LogP contribution in [0.5, 0.6) is 0 Å². The van der Waals surface area contributed by atoms with Gasteiger partial charge < -0.3 is 5.32 Å². The molecule has 2 unspecified atom stereocenters. The van der Waals surface area contributed by atoms with Crippen molar-refractivity contribution in [3.8, 4) is 0 Å². The zero-order chi connectivity index (χ0) is 15.0. The van der Waals surface area contributed by atoms with Crippen LogP contribution in [0.25, 0.3) is 0 Å². The summed E-state index contributed by atoms with van der Waals surface area (Å²) in [5.74, 6) is 0.746. The Hall–Kier alpha value is -0.830. The molecule has 0 spiro atoms. The van der Waals surface area contributed by atoms with Crippen LogP contribution < -0.4 is 5.32 Å². The van der Waals surface area contributed by atoms with Crippen molar-refractivity contribution in [1.82, 2.24) is 15.1 Å². The van der Waals surface area contributed by atoms with Gasteiger partial charge in [-0.2, -0.15) is 5.10 Å². The van der Waals surface area contributed by atoms with E-state index in [0.29, 0.717) is 12.1 Å². The molecule has 3 nitrogen and oxygen atoms in total. The zero-order valence-corrected chi connectivity index (χ0v) is 14.0. The molecule has 1 aromatic rings. The maximum Gasteiger partial charge on any atom is 0.0640 e. The van der Waals surface area contributed by atoms with Crippen LogP contribution in [0.15, 0.2) is 12.3 Å². The van der Waals surface area contributed by atoms with Gasteiger partial charge in [-0.15, -0.1) is 0 Å². The van der Waals surface area contributed by atoms with Crippen LogP contribution in [0, 0.1) is 5.92 Å². The highest BCUT2D eigenvalue weighted by atomic mass is 15.3. The van der Waals surface area contributed by atoms with Gasteiger partial charge in [0.1, 0.15) is 0 Å². The summed E-state index contributed by atoms with van der Waals surface area (Å²) in [6.45, 7) is 12.4. The molecule has 1 aromatic heterocycles. The maximum absolute atomic E-state index is 4.76. The highest BCUT2D eigenvalue weighted by Crippen LogP contribution is 2.18. The molecule has 0 radical (unpaired) electrons. The van der Waals surface area contributed by atoms with Crippen molar-refractivity contribution in [2.24, 2.45) is 5.92 Å². The topological polar surface area (TPSA) is 29.9 Å². The van der Waals surface area contributed by atoms with Crippen LogP contribution in [-0.2, 0) is 6.42 Å². The van der Waals surface area contributed by atoms with Gasteiger partial charge in [0.15, 0.2) is 0 Å². The Labute approximate surface area is 125 Å². The predicted octanol–water partition coefficient (Wildman–Crippen LogP) is 4.20. The van der Waals surface area contributed by atoms with E-state index in [4.69, 9.17) is 5.10 Å². The molecule has 0 aliphatic rings. The van der Waals surface area contributed by atoms with Crippen molar-refractivity contribution < 1.29 is 0 Å². The largest absolute Gasteiger partial charge is 0.313 e. The third-order valence-corrected chi connectivity index (χ3v) is 4.41. The molecule has 0 saturated heterocycles. The number of hydrogen-bond donors (Lipinski definition) is 1. The molecule has 116 valence electrons. The molecule has 20 heavy (non-hydrogen) atoms. The number of hydrogen-bond acceptors (Lipinski definition) is 2. The zero-order valence-electron chi connectivity index (χ0n) is 14.0. The van der Waals surface area contributed by atoms with Crippen LogP contribution in [0.2, 0.25) is 0 Å². The molecule has 0 aromatic carbocycles. The lowest BCUT2D eigenvalue weighted by molar-refractivity contribution is 0.328. The van der Waals surface area contributed by atoms with Gasteiger partial charge in [0.05, 0.1) is 5.69 Å². The van der Waals surface area contributed by atoms with Gasteiger partial charge in [-0.05, 0) is 38.3 Å². The molecule has 0 fully saturated rings. The number of nitrogens with zero attached hydrogens (tertiary/aromatic N) is 2. The minimum atomic E-state index is 0.499. The van der Waals surface area contributed by atoms with Crippen molar-refractivity contribution in [1.29, 1.82) is 0 Å². The van der Waals surface area contributed by atoms with Gasteiger partial charge in [0, 0.05) is 24.7 Å². The van der Waals surface area contributed by atoms with E-state index >= 15 is 0 Å². The Morgan fingerprint density at radius 2 is 1.85 bits per heavy atom. The van der Waals surface area contributed by atoms with Gasteiger partial charge in [0.25, 0.3) is 0 Å². The fourth-order valence-corrected chi connectivity index (χ4v) is 2.74. The molecule has 0 bridgehead atoms. The Bertz CT molecular complexity index is 355. The van der Waals surface area contributed by atoms with Crippen LogP contribution in [0.4, 0.5) is 0 Å². The molecule has 2 atom stereocenters. The number of rotatable bonds is 10. The van der Waals surface area contributed by atoms with E-state index in [0.717, 1.165) is 25.3 Å². The summed E-state index contributed by atoms with van der Waals surface area (Å²) in [5.41, 5.74) is 1.23. The SMILES string of the molecule is CCCNC(Cc1ccn(C(C)CC)n1)C(CC)CC. The molecule has 0 saturated carbocycles. The van der Waals surface area contributed by atoms with Crippen LogP contribution in [-0.4, -0.2) is 22.4 Å². The molecule has 1 heterocycles. The number of nitrogens with one attached hydrogen (secondary N) is 1. The quantitative estimate of drug-likeness (QED) is 0.695. The number of aromatic nitrogens is 2. The monoisotopic (exact) mass is 279 g/mol. The van der Waals surface area contributed by atoms with Crippen molar-refractivity contribution >= 4 is 0 Å². The van der Waals surface area contributed by atoms with Crippen molar-refractivity contribution in [3.63, 3.8) is 0 Å². The summed E-state index contributed by atoms with van der Waals surface area (Å²) in [4.78, 5) is 0. The molecule has 0 aliphatic carbocycles. The highest BCUT2D eigenvalue weighted by molar-refractivity contribution is 5.03. The van der Waals surface area contributed by atoms with E-state index in [1.54, 1.807) is 0 Å². The summed E-state index contributed by atoms with van der Waals surface area (Å²) in [6.07, 6.45) is 7.99. The second-order valence-corrected chi connectivity index (χ2v) is 5.89. The first kappa shape index (κ1) is 17.2. The average Bonchev–Trinajstić information content (AvgIpc) is 2.93. The average molecular weight is 279 g/mol. The lowest BCUT2D eigenvalue weighted by Gasteiger charge is -2.26. The van der Waals surface area contributed by atoms with Crippen molar-refractivity contribution in [2.75, 3.05) is 6.54 Å². The van der Waals surface area contributed by atoms with Crippen molar-refractivity contribution in [2.45, 2.75) is 78.8 Å². The first-order valence-electron chi connectivity index (χ1n) is 8.43. The maximum atomic E-state index is 4.76. The molecule has 0 aliphatic heterocycles. The Kier molecular flexibility index (Phi) is 7.90. The summed E-state index contributed by atoms with van der Waals surface area (Å²) in [5, 5.41) is 8.48. The van der Waals surface area contributed by atoms with Crippen LogP contribution in [0.3, 0.4) is 0 Å². The summed E-state index contributed by atoms with van der Waals surface area (Å²) in [7, 11) is 0. The van der Waals surface area contributed by atoms with Gasteiger partial charge in [-0.25, -0.2) is 0 Å². The van der Waals surface area contributed by atoms with Crippen LogP contribution >= 0.6 is 0 Å².